The summed E-state index contributed by atoms with van der Waals surface area (Å²) in [6.07, 6.45) is 1.26. The summed E-state index contributed by atoms with van der Waals surface area (Å²) < 4.78 is 10.4. The van der Waals surface area contributed by atoms with Gasteiger partial charge in [-0.2, -0.15) is 5.10 Å². The summed E-state index contributed by atoms with van der Waals surface area (Å²) >= 11 is 0. The minimum Gasteiger partial charge on any atom is -0.508 e. The number of ether oxygens (including phenoxy) is 2. The maximum absolute atomic E-state index is 11.9. The standard InChI is InChI=1S/C17H17N3O6/c1-3-26-15-9-11(8-14(20(23)24)16(15)25-2)10-18-19-17(22)12-4-6-13(21)7-5-12/h4-10,21H,3H2,1-2H3,(H,19,22)/b18-10-. The van der Waals surface area contributed by atoms with E-state index < -0.39 is 10.8 Å². The number of nitro benzene ring substituents is 1. The van der Waals surface area contributed by atoms with Gasteiger partial charge in [0.2, 0.25) is 5.75 Å². The molecule has 26 heavy (non-hydrogen) atoms. The van der Waals surface area contributed by atoms with Gasteiger partial charge in [0, 0.05) is 17.2 Å². The first-order valence-electron chi connectivity index (χ1n) is 7.58. The molecule has 0 fully saturated rings. The van der Waals surface area contributed by atoms with E-state index in [2.05, 4.69) is 10.5 Å². The van der Waals surface area contributed by atoms with E-state index >= 15 is 0 Å². The molecule has 1 amide bonds. The van der Waals surface area contributed by atoms with Crippen LogP contribution in [0.4, 0.5) is 5.69 Å². The zero-order chi connectivity index (χ0) is 19.1. The lowest BCUT2D eigenvalue weighted by Crippen LogP contribution is -2.17. The Bertz CT molecular complexity index is 833. The highest BCUT2D eigenvalue weighted by Gasteiger charge is 2.21. The summed E-state index contributed by atoms with van der Waals surface area (Å²) in [5.41, 5.74) is 2.68. The monoisotopic (exact) mass is 359 g/mol. The first-order valence-corrected chi connectivity index (χ1v) is 7.58. The second-order valence-corrected chi connectivity index (χ2v) is 5.01. The molecule has 0 saturated carbocycles. The van der Waals surface area contributed by atoms with Crippen molar-refractivity contribution in [3.8, 4) is 17.2 Å². The fourth-order valence-electron chi connectivity index (χ4n) is 2.13. The van der Waals surface area contributed by atoms with E-state index in [-0.39, 0.29) is 22.9 Å². The number of methoxy groups -OCH3 is 1. The molecule has 0 aromatic heterocycles. The van der Waals surface area contributed by atoms with Crippen molar-refractivity contribution in [2.45, 2.75) is 6.92 Å². The number of hydrogen-bond acceptors (Lipinski definition) is 7. The average Bonchev–Trinajstić information content (AvgIpc) is 2.62. The molecule has 2 aromatic rings. The maximum atomic E-state index is 11.9. The number of hydrazone groups is 1. The van der Waals surface area contributed by atoms with Crippen molar-refractivity contribution in [3.05, 3.63) is 57.6 Å². The minimum absolute atomic E-state index is 0.0159. The van der Waals surface area contributed by atoms with E-state index in [1.54, 1.807) is 6.92 Å². The van der Waals surface area contributed by atoms with Crippen LogP contribution in [0.5, 0.6) is 17.2 Å². The Morgan fingerprint density at radius 1 is 1.35 bits per heavy atom. The van der Waals surface area contributed by atoms with Gasteiger partial charge in [-0.25, -0.2) is 5.43 Å². The minimum atomic E-state index is -0.590. The number of phenols is 1. The second kappa shape index (κ2) is 8.47. The highest BCUT2D eigenvalue weighted by molar-refractivity contribution is 5.95. The molecule has 0 spiro atoms. The van der Waals surface area contributed by atoms with E-state index in [1.807, 2.05) is 0 Å². The van der Waals surface area contributed by atoms with Crippen molar-refractivity contribution in [1.82, 2.24) is 5.43 Å². The van der Waals surface area contributed by atoms with Gasteiger partial charge >= 0.3 is 5.69 Å². The molecule has 0 aliphatic rings. The van der Waals surface area contributed by atoms with Gasteiger partial charge in [0.15, 0.2) is 5.75 Å². The summed E-state index contributed by atoms with van der Waals surface area (Å²) in [4.78, 5) is 22.6. The number of nitro groups is 1. The van der Waals surface area contributed by atoms with Crippen LogP contribution in [0.1, 0.15) is 22.8 Å². The van der Waals surface area contributed by atoms with Gasteiger partial charge in [-0.1, -0.05) is 0 Å². The third kappa shape index (κ3) is 4.47. The second-order valence-electron chi connectivity index (χ2n) is 5.01. The molecule has 0 atom stereocenters. The van der Waals surface area contributed by atoms with Crippen LogP contribution in [0, 0.1) is 10.1 Å². The first kappa shape index (κ1) is 18.7. The Morgan fingerprint density at radius 2 is 2.04 bits per heavy atom. The molecule has 9 heteroatoms. The Balaban J connectivity index is 2.22. The highest BCUT2D eigenvalue weighted by atomic mass is 16.6. The summed E-state index contributed by atoms with van der Waals surface area (Å²) in [7, 11) is 1.32. The number of carbonyl (C=O) groups is 1. The molecule has 0 aliphatic heterocycles. The van der Waals surface area contributed by atoms with Crippen LogP contribution in [0.25, 0.3) is 0 Å². The maximum Gasteiger partial charge on any atom is 0.315 e. The largest absolute Gasteiger partial charge is 0.508 e. The zero-order valence-electron chi connectivity index (χ0n) is 14.1. The van der Waals surface area contributed by atoms with Crippen molar-refractivity contribution >= 4 is 17.8 Å². The lowest BCUT2D eigenvalue weighted by molar-refractivity contribution is -0.385. The summed E-state index contributed by atoms with van der Waals surface area (Å²) in [5.74, 6) is -0.231. The molecule has 0 unspecified atom stereocenters. The number of hydrogen-bond donors (Lipinski definition) is 2. The third-order valence-electron chi connectivity index (χ3n) is 3.27. The molecule has 2 rings (SSSR count). The van der Waals surface area contributed by atoms with Crippen LogP contribution >= 0.6 is 0 Å². The van der Waals surface area contributed by atoms with Crippen LogP contribution in [0.15, 0.2) is 41.5 Å². The van der Waals surface area contributed by atoms with Gasteiger partial charge in [-0.05, 0) is 37.3 Å². The number of aromatic hydroxyl groups is 1. The van der Waals surface area contributed by atoms with Gasteiger partial charge < -0.3 is 14.6 Å². The highest BCUT2D eigenvalue weighted by Crippen LogP contribution is 2.37. The molecule has 2 N–H and O–H groups in total. The molecule has 2 aromatic carbocycles. The fourth-order valence-corrected chi connectivity index (χ4v) is 2.13. The Kier molecular flexibility index (Phi) is 6.10. The van der Waals surface area contributed by atoms with Crippen LogP contribution in [-0.2, 0) is 0 Å². The Labute approximate surface area is 149 Å². The van der Waals surface area contributed by atoms with Crippen molar-refractivity contribution in [1.29, 1.82) is 0 Å². The van der Waals surface area contributed by atoms with Crippen LogP contribution in [-0.4, -0.2) is 35.9 Å². The Morgan fingerprint density at radius 3 is 2.62 bits per heavy atom. The van der Waals surface area contributed by atoms with Gasteiger partial charge in [0.1, 0.15) is 5.75 Å². The quantitative estimate of drug-likeness (QED) is 0.445. The van der Waals surface area contributed by atoms with E-state index in [1.165, 1.54) is 49.7 Å². The number of carbonyl (C=O) groups excluding carboxylic acids is 1. The van der Waals surface area contributed by atoms with Crippen molar-refractivity contribution in [2.24, 2.45) is 5.10 Å². The number of phenolic OH excluding ortho intramolecular Hbond substituents is 1. The molecular formula is C17H17N3O6. The molecule has 0 bridgehead atoms. The smallest absolute Gasteiger partial charge is 0.315 e. The summed E-state index contributed by atoms with van der Waals surface area (Å²) in [6.45, 7) is 2.04. The Hall–Kier alpha value is -3.62. The number of nitrogens with zero attached hydrogens (tertiary/aromatic N) is 2. The van der Waals surface area contributed by atoms with Crippen LogP contribution < -0.4 is 14.9 Å². The van der Waals surface area contributed by atoms with Crippen LogP contribution in [0.2, 0.25) is 0 Å². The predicted octanol–water partition coefficient (Wildman–Crippen LogP) is 2.47. The van der Waals surface area contributed by atoms with E-state index in [0.29, 0.717) is 17.7 Å². The van der Waals surface area contributed by atoms with Crippen molar-refractivity contribution < 1.29 is 24.3 Å². The topological polar surface area (TPSA) is 123 Å². The van der Waals surface area contributed by atoms with Gasteiger partial charge in [-0.15, -0.1) is 0 Å². The molecule has 136 valence electrons. The first-order chi connectivity index (χ1) is 12.5. The van der Waals surface area contributed by atoms with E-state index in [4.69, 9.17) is 9.47 Å². The number of amides is 1. The van der Waals surface area contributed by atoms with E-state index in [0.717, 1.165) is 0 Å². The average molecular weight is 359 g/mol. The molecule has 0 aliphatic carbocycles. The molecule has 0 heterocycles. The van der Waals surface area contributed by atoms with Gasteiger partial charge in [0.05, 0.1) is 24.9 Å². The zero-order valence-corrected chi connectivity index (χ0v) is 14.1. The predicted molar refractivity (Wildman–Crippen MR) is 94.0 cm³/mol. The molecular weight excluding hydrogens is 342 g/mol. The molecule has 0 radical (unpaired) electrons. The molecule has 9 nitrogen and oxygen atoms in total. The van der Waals surface area contributed by atoms with E-state index in [9.17, 15) is 20.0 Å². The van der Waals surface area contributed by atoms with Gasteiger partial charge in [-0.3, -0.25) is 14.9 Å². The van der Waals surface area contributed by atoms with Crippen molar-refractivity contribution in [2.75, 3.05) is 13.7 Å². The van der Waals surface area contributed by atoms with Crippen LogP contribution in [0.3, 0.4) is 0 Å². The summed E-state index contributed by atoms with van der Waals surface area (Å²) in [5, 5.41) is 24.2. The SMILES string of the molecule is CCOc1cc(/C=N\NC(=O)c2ccc(O)cc2)cc([N+](=O)[O-])c1OC. The number of rotatable bonds is 7. The summed E-state index contributed by atoms with van der Waals surface area (Å²) in [6, 6.07) is 8.40. The van der Waals surface area contributed by atoms with Gasteiger partial charge in [0.25, 0.3) is 5.91 Å². The lowest BCUT2D eigenvalue weighted by Gasteiger charge is -2.10. The fraction of sp³-hybridized carbons (Fsp3) is 0.176. The lowest BCUT2D eigenvalue weighted by atomic mass is 10.2. The number of nitrogens with one attached hydrogen (secondary N) is 1. The molecule has 0 saturated heterocycles. The number of benzene rings is 2. The third-order valence-corrected chi connectivity index (χ3v) is 3.27. The normalized spacial score (nSPS) is 10.5. The van der Waals surface area contributed by atoms with Crippen molar-refractivity contribution in [3.63, 3.8) is 0 Å².